The molecule has 10 nitrogen and oxygen atoms in total. The van der Waals surface area contributed by atoms with Gasteiger partial charge in [0.25, 0.3) is 17.5 Å². The van der Waals surface area contributed by atoms with Gasteiger partial charge in [-0.15, -0.1) is 0 Å². The number of carbonyl (C=O) groups excluding carboxylic acids is 2. The van der Waals surface area contributed by atoms with E-state index in [1.165, 1.54) is 29.1 Å². The molecule has 154 valence electrons. The highest BCUT2D eigenvalue weighted by Crippen LogP contribution is 2.18. The summed E-state index contributed by atoms with van der Waals surface area (Å²) < 4.78 is 6.42. The van der Waals surface area contributed by atoms with E-state index in [-0.39, 0.29) is 23.0 Å². The van der Waals surface area contributed by atoms with Gasteiger partial charge in [-0.05, 0) is 48.5 Å². The van der Waals surface area contributed by atoms with Crippen LogP contribution >= 0.6 is 0 Å². The number of rotatable bonds is 6. The normalized spacial score (nSPS) is 10.5. The van der Waals surface area contributed by atoms with E-state index in [4.69, 9.17) is 4.42 Å². The summed E-state index contributed by atoms with van der Waals surface area (Å²) >= 11 is 0. The third kappa shape index (κ3) is 4.48. The van der Waals surface area contributed by atoms with Crippen molar-refractivity contribution in [3.63, 3.8) is 0 Å². The summed E-state index contributed by atoms with van der Waals surface area (Å²) in [5.41, 5.74) is 1.57. The van der Waals surface area contributed by atoms with Crippen molar-refractivity contribution in [3.8, 4) is 5.69 Å². The second-order valence-corrected chi connectivity index (χ2v) is 6.39. The van der Waals surface area contributed by atoms with Gasteiger partial charge >= 0.3 is 0 Å². The van der Waals surface area contributed by atoms with E-state index in [9.17, 15) is 19.7 Å². The van der Waals surface area contributed by atoms with Crippen molar-refractivity contribution in [2.45, 2.75) is 0 Å². The van der Waals surface area contributed by atoms with Crippen LogP contribution < -0.4 is 10.6 Å². The average molecular weight is 417 g/mol. The first-order chi connectivity index (χ1) is 15.0. The molecule has 0 aliphatic heterocycles. The predicted molar refractivity (Wildman–Crippen MR) is 111 cm³/mol. The van der Waals surface area contributed by atoms with E-state index in [1.807, 2.05) is 0 Å². The van der Waals surface area contributed by atoms with Crippen LogP contribution in [0.5, 0.6) is 0 Å². The number of nitro groups is 1. The van der Waals surface area contributed by atoms with E-state index in [1.54, 1.807) is 54.7 Å². The van der Waals surface area contributed by atoms with Crippen molar-refractivity contribution in [3.05, 3.63) is 101 Å². The Morgan fingerprint density at radius 2 is 1.65 bits per heavy atom. The first kappa shape index (κ1) is 19.6. The number of aromatic nitrogens is 2. The van der Waals surface area contributed by atoms with Crippen LogP contribution in [0.25, 0.3) is 5.69 Å². The Morgan fingerprint density at radius 3 is 2.29 bits per heavy atom. The Morgan fingerprint density at radius 1 is 0.935 bits per heavy atom. The van der Waals surface area contributed by atoms with Crippen LogP contribution in [-0.2, 0) is 0 Å². The summed E-state index contributed by atoms with van der Waals surface area (Å²) in [5.74, 6) is -0.637. The first-order valence-electron chi connectivity index (χ1n) is 9.06. The third-order valence-corrected chi connectivity index (χ3v) is 4.27. The minimum absolute atomic E-state index is 0.0711. The molecule has 0 fully saturated rings. The highest BCUT2D eigenvalue weighted by molar-refractivity contribution is 6.04. The van der Waals surface area contributed by atoms with E-state index in [0.717, 1.165) is 0 Å². The number of hydrogen-bond donors (Lipinski definition) is 2. The SMILES string of the molecule is O=C(Nc1ccc(NC(=O)c2ccco2)cc1)c1ccn(-c2cccc([N+](=O)[O-])c2)n1. The molecule has 2 heterocycles. The van der Waals surface area contributed by atoms with Crippen molar-refractivity contribution in [2.75, 3.05) is 10.6 Å². The number of anilines is 2. The molecule has 0 aliphatic carbocycles. The first-order valence-corrected chi connectivity index (χ1v) is 9.06. The fourth-order valence-corrected chi connectivity index (χ4v) is 2.77. The van der Waals surface area contributed by atoms with Gasteiger partial charge < -0.3 is 15.1 Å². The summed E-state index contributed by atoms with van der Waals surface area (Å²) in [7, 11) is 0. The molecule has 0 saturated heterocycles. The molecule has 0 saturated carbocycles. The van der Waals surface area contributed by atoms with Gasteiger partial charge in [0, 0.05) is 29.7 Å². The maximum atomic E-state index is 12.5. The molecule has 2 N–H and O–H groups in total. The van der Waals surface area contributed by atoms with Gasteiger partial charge in [-0.25, -0.2) is 4.68 Å². The number of benzene rings is 2. The Kier molecular flexibility index (Phi) is 5.26. The minimum atomic E-state index is -0.499. The number of hydrogen-bond acceptors (Lipinski definition) is 6. The number of non-ortho nitro benzene ring substituents is 1. The molecule has 10 heteroatoms. The van der Waals surface area contributed by atoms with Gasteiger partial charge in [-0.3, -0.25) is 19.7 Å². The van der Waals surface area contributed by atoms with Crippen molar-refractivity contribution in [2.24, 2.45) is 0 Å². The maximum absolute atomic E-state index is 12.5. The second-order valence-electron chi connectivity index (χ2n) is 6.39. The lowest BCUT2D eigenvalue weighted by Gasteiger charge is -2.06. The fraction of sp³-hybridized carbons (Fsp3) is 0. The minimum Gasteiger partial charge on any atom is -0.459 e. The Bertz CT molecular complexity index is 1250. The predicted octanol–water partition coefficient (Wildman–Crippen LogP) is 3.88. The zero-order chi connectivity index (χ0) is 21.8. The lowest BCUT2D eigenvalue weighted by molar-refractivity contribution is -0.384. The third-order valence-electron chi connectivity index (χ3n) is 4.27. The molecule has 2 aromatic heterocycles. The average Bonchev–Trinajstić information content (AvgIpc) is 3.48. The lowest BCUT2D eigenvalue weighted by Crippen LogP contribution is -2.14. The molecule has 2 aromatic carbocycles. The molecule has 4 aromatic rings. The zero-order valence-corrected chi connectivity index (χ0v) is 15.9. The maximum Gasteiger partial charge on any atom is 0.291 e. The number of nitro benzene ring substituents is 1. The van der Waals surface area contributed by atoms with Gasteiger partial charge in [0.05, 0.1) is 16.9 Å². The van der Waals surface area contributed by atoms with Crippen LogP contribution in [0.4, 0.5) is 17.1 Å². The molecule has 0 radical (unpaired) electrons. The van der Waals surface area contributed by atoms with E-state index >= 15 is 0 Å². The number of amides is 2. The monoisotopic (exact) mass is 417 g/mol. The van der Waals surface area contributed by atoms with Gasteiger partial charge in [-0.2, -0.15) is 5.10 Å². The number of carbonyl (C=O) groups is 2. The quantitative estimate of drug-likeness (QED) is 0.361. The van der Waals surface area contributed by atoms with E-state index in [0.29, 0.717) is 17.1 Å². The summed E-state index contributed by atoms with van der Waals surface area (Å²) in [6.45, 7) is 0. The second kappa shape index (κ2) is 8.33. The molecule has 4 rings (SSSR count). The van der Waals surface area contributed by atoms with Crippen LogP contribution in [0.15, 0.2) is 83.6 Å². The lowest BCUT2D eigenvalue weighted by atomic mass is 10.2. The molecule has 0 spiro atoms. The van der Waals surface area contributed by atoms with Gasteiger partial charge in [0.2, 0.25) is 0 Å². The van der Waals surface area contributed by atoms with Crippen LogP contribution in [0.2, 0.25) is 0 Å². The number of furan rings is 1. The number of nitrogens with zero attached hydrogens (tertiary/aromatic N) is 3. The molecule has 0 bridgehead atoms. The standard InChI is InChI=1S/C21H15N5O5/c27-20(18-10-11-25(24-18)16-3-1-4-17(13-16)26(29)30)22-14-6-8-15(9-7-14)23-21(28)19-5-2-12-31-19/h1-13H,(H,22,27)(H,23,28). The molecule has 2 amide bonds. The van der Waals surface area contributed by atoms with Gasteiger partial charge in [-0.1, -0.05) is 6.07 Å². The summed E-state index contributed by atoms with van der Waals surface area (Å²) in [5, 5.41) is 20.5. The highest BCUT2D eigenvalue weighted by Gasteiger charge is 2.13. The van der Waals surface area contributed by atoms with E-state index in [2.05, 4.69) is 15.7 Å². The van der Waals surface area contributed by atoms with Crippen LogP contribution in [0.3, 0.4) is 0 Å². The molecule has 0 atom stereocenters. The largest absolute Gasteiger partial charge is 0.459 e. The Hall–Kier alpha value is -4.73. The Labute approximate surface area is 175 Å². The topological polar surface area (TPSA) is 132 Å². The van der Waals surface area contributed by atoms with Crippen molar-refractivity contribution in [1.82, 2.24) is 9.78 Å². The summed E-state index contributed by atoms with van der Waals surface area (Å²) in [6, 6.07) is 17.2. The Balaban J connectivity index is 1.41. The fourth-order valence-electron chi connectivity index (χ4n) is 2.77. The van der Waals surface area contributed by atoms with Crippen LogP contribution in [-0.4, -0.2) is 26.5 Å². The molecular weight excluding hydrogens is 402 g/mol. The van der Waals surface area contributed by atoms with Gasteiger partial charge in [0.1, 0.15) is 0 Å². The van der Waals surface area contributed by atoms with Crippen LogP contribution in [0.1, 0.15) is 21.0 Å². The van der Waals surface area contributed by atoms with Crippen LogP contribution in [0, 0.1) is 10.1 Å². The summed E-state index contributed by atoms with van der Waals surface area (Å²) in [4.78, 5) is 34.9. The van der Waals surface area contributed by atoms with E-state index < -0.39 is 10.8 Å². The summed E-state index contributed by atoms with van der Waals surface area (Å²) in [6.07, 6.45) is 2.95. The zero-order valence-electron chi connectivity index (χ0n) is 15.9. The molecule has 31 heavy (non-hydrogen) atoms. The highest BCUT2D eigenvalue weighted by atomic mass is 16.6. The number of nitrogens with one attached hydrogen (secondary N) is 2. The van der Waals surface area contributed by atoms with Crippen molar-refractivity contribution >= 4 is 28.9 Å². The van der Waals surface area contributed by atoms with Gasteiger partial charge in [0.15, 0.2) is 11.5 Å². The van der Waals surface area contributed by atoms with Crippen molar-refractivity contribution in [1.29, 1.82) is 0 Å². The molecule has 0 unspecified atom stereocenters. The smallest absolute Gasteiger partial charge is 0.291 e. The molecule has 0 aliphatic rings. The van der Waals surface area contributed by atoms with Crippen molar-refractivity contribution < 1.29 is 18.9 Å². The molecular formula is C21H15N5O5.